The van der Waals surface area contributed by atoms with Crippen molar-refractivity contribution in [3.8, 4) is 0 Å². The molecule has 0 fully saturated rings. The summed E-state index contributed by atoms with van der Waals surface area (Å²) in [6.45, 7) is 3.38. The molecule has 0 radical (unpaired) electrons. The van der Waals surface area contributed by atoms with E-state index < -0.39 is 29.8 Å². The number of hydrogen-bond donors (Lipinski definition) is 5. The molecule has 3 aromatic rings. The van der Waals surface area contributed by atoms with E-state index in [-0.39, 0.29) is 23.1 Å². The molecule has 9 heteroatoms. The third kappa shape index (κ3) is 4.70. The average molecular weight is 473 g/mol. The zero-order valence-corrected chi connectivity index (χ0v) is 19.0. The Labute approximate surface area is 200 Å². The van der Waals surface area contributed by atoms with Gasteiger partial charge in [0.25, 0.3) is 11.8 Å². The molecule has 178 valence electrons. The number of aryl methyl sites for hydroxylation is 1. The predicted molar refractivity (Wildman–Crippen MR) is 129 cm³/mol. The highest BCUT2D eigenvalue weighted by Gasteiger charge is 2.28. The number of rotatable bonds is 7. The number of aromatic nitrogens is 1. The summed E-state index contributed by atoms with van der Waals surface area (Å²) in [6, 6.07) is 12.2. The van der Waals surface area contributed by atoms with Gasteiger partial charge in [-0.05, 0) is 49.2 Å². The van der Waals surface area contributed by atoms with Crippen molar-refractivity contribution in [2.75, 3.05) is 5.32 Å². The standard InChI is InChI=1S/C26H23N3O6/c1-13-20(12-18-17-11-16(25(32)33)8-9-19(17)28-23(18)30)27-14(2)22(13)24(31)29-21(26(34)35)10-15-6-4-3-5-7-15/h3-9,11-12,21,27H,10H2,1-2H3,(H,28,30)(H,29,31)(H,32,33)(H,34,35)/t21-/m1/s1. The maximum atomic E-state index is 13.1. The molecular formula is C26H23N3O6. The molecule has 0 saturated carbocycles. The van der Waals surface area contributed by atoms with Gasteiger partial charge in [0, 0.05) is 29.1 Å². The van der Waals surface area contributed by atoms with E-state index in [1.165, 1.54) is 18.2 Å². The second-order valence-corrected chi connectivity index (χ2v) is 8.30. The molecule has 1 aromatic heterocycles. The molecule has 0 unspecified atom stereocenters. The van der Waals surface area contributed by atoms with Gasteiger partial charge in [-0.3, -0.25) is 9.59 Å². The van der Waals surface area contributed by atoms with Crippen LogP contribution in [-0.4, -0.2) is 45.0 Å². The van der Waals surface area contributed by atoms with Gasteiger partial charge in [0.1, 0.15) is 6.04 Å². The zero-order valence-electron chi connectivity index (χ0n) is 19.0. The highest BCUT2D eigenvalue weighted by molar-refractivity contribution is 6.35. The number of carboxylic acids is 2. The highest BCUT2D eigenvalue weighted by Crippen LogP contribution is 2.34. The second-order valence-electron chi connectivity index (χ2n) is 8.30. The minimum Gasteiger partial charge on any atom is -0.480 e. The number of hydrogen-bond acceptors (Lipinski definition) is 4. The summed E-state index contributed by atoms with van der Waals surface area (Å²) in [6.07, 6.45) is 1.69. The molecule has 2 aromatic carbocycles. The average Bonchev–Trinajstić information content (AvgIpc) is 3.28. The van der Waals surface area contributed by atoms with Crippen molar-refractivity contribution in [3.63, 3.8) is 0 Å². The van der Waals surface area contributed by atoms with E-state index >= 15 is 0 Å². The van der Waals surface area contributed by atoms with Gasteiger partial charge in [-0.2, -0.15) is 0 Å². The summed E-state index contributed by atoms with van der Waals surface area (Å²) in [5, 5.41) is 24.2. The van der Waals surface area contributed by atoms with Crippen LogP contribution >= 0.6 is 0 Å². The van der Waals surface area contributed by atoms with Crippen LogP contribution < -0.4 is 10.6 Å². The first-order valence-electron chi connectivity index (χ1n) is 10.8. The van der Waals surface area contributed by atoms with Crippen LogP contribution in [-0.2, 0) is 16.0 Å². The first-order valence-corrected chi connectivity index (χ1v) is 10.8. The molecular weight excluding hydrogens is 450 g/mol. The van der Waals surface area contributed by atoms with Crippen LogP contribution in [0.15, 0.2) is 48.5 Å². The lowest BCUT2D eigenvalue weighted by atomic mass is 10.0. The fourth-order valence-electron chi connectivity index (χ4n) is 4.15. The maximum absolute atomic E-state index is 13.1. The van der Waals surface area contributed by atoms with E-state index in [2.05, 4.69) is 15.6 Å². The topological polar surface area (TPSA) is 149 Å². The minimum absolute atomic E-state index is 0.0451. The number of carbonyl (C=O) groups is 4. The Bertz CT molecular complexity index is 1390. The lowest BCUT2D eigenvalue weighted by molar-refractivity contribution is -0.139. The molecule has 2 amide bonds. The molecule has 5 N–H and O–H groups in total. The van der Waals surface area contributed by atoms with Crippen LogP contribution in [0, 0.1) is 13.8 Å². The molecule has 35 heavy (non-hydrogen) atoms. The van der Waals surface area contributed by atoms with E-state index in [1.54, 1.807) is 44.2 Å². The third-order valence-electron chi connectivity index (χ3n) is 5.93. The van der Waals surface area contributed by atoms with Crippen LogP contribution in [0.3, 0.4) is 0 Å². The first kappa shape index (κ1) is 23.5. The number of anilines is 1. The van der Waals surface area contributed by atoms with Crippen LogP contribution in [0.2, 0.25) is 0 Å². The fourth-order valence-corrected chi connectivity index (χ4v) is 4.15. The van der Waals surface area contributed by atoms with Gasteiger partial charge in [-0.15, -0.1) is 0 Å². The van der Waals surface area contributed by atoms with E-state index in [0.29, 0.717) is 28.2 Å². The van der Waals surface area contributed by atoms with Gasteiger partial charge in [0.2, 0.25) is 0 Å². The Hall–Kier alpha value is -4.66. The summed E-state index contributed by atoms with van der Waals surface area (Å²) in [5.74, 6) is -3.20. The first-order chi connectivity index (χ1) is 16.7. The Morgan fingerprint density at radius 1 is 1.06 bits per heavy atom. The van der Waals surface area contributed by atoms with Crippen molar-refractivity contribution in [2.24, 2.45) is 0 Å². The van der Waals surface area contributed by atoms with Gasteiger partial charge >= 0.3 is 11.9 Å². The van der Waals surface area contributed by atoms with Crippen molar-refractivity contribution >= 4 is 41.1 Å². The van der Waals surface area contributed by atoms with Gasteiger partial charge < -0.3 is 25.8 Å². The number of amides is 2. The molecule has 0 aliphatic carbocycles. The van der Waals surface area contributed by atoms with Crippen molar-refractivity contribution in [3.05, 3.63) is 87.7 Å². The minimum atomic E-state index is -1.15. The molecule has 0 saturated heterocycles. The zero-order chi connectivity index (χ0) is 25.3. The lowest BCUT2D eigenvalue weighted by Crippen LogP contribution is -2.42. The van der Waals surface area contributed by atoms with Gasteiger partial charge in [-0.25, -0.2) is 9.59 Å². The Kier molecular flexibility index (Phi) is 6.24. The number of H-pyrrole nitrogens is 1. The van der Waals surface area contributed by atoms with E-state index in [0.717, 1.165) is 5.56 Å². The summed E-state index contributed by atoms with van der Waals surface area (Å²) >= 11 is 0. The maximum Gasteiger partial charge on any atom is 0.335 e. The van der Waals surface area contributed by atoms with Crippen LogP contribution in [0.25, 0.3) is 11.6 Å². The number of benzene rings is 2. The summed E-state index contributed by atoms with van der Waals surface area (Å²) in [7, 11) is 0. The normalized spacial score (nSPS) is 14.3. The summed E-state index contributed by atoms with van der Waals surface area (Å²) in [5.41, 5.74) is 3.84. The van der Waals surface area contributed by atoms with Gasteiger partial charge in [0.05, 0.1) is 16.7 Å². The number of nitrogens with one attached hydrogen (secondary N) is 3. The summed E-state index contributed by atoms with van der Waals surface area (Å²) in [4.78, 5) is 51.9. The number of aromatic amines is 1. The van der Waals surface area contributed by atoms with Crippen LogP contribution in [0.5, 0.6) is 0 Å². The quantitative estimate of drug-likeness (QED) is 0.333. The molecule has 9 nitrogen and oxygen atoms in total. The fraction of sp³-hybridized carbons (Fsp3) is 0.154. The van der Waals surface area contributed by atoms with E-state index in [1.807, 2.05) is 6.07 Å². The van der Waals surface area contributed by atoms with Crippen LogP contribution in [0.4, 0.5) is 5.69 Å². The number of fused-ring (bicyclic) bond motifs is 1. The molecule has 1 atom stereocenters. The molecule has 0 bridgehead atoms. The molecule has 4 rings (SSSR count). The highest BCUT2D eigenvalue weighted by atomic mass is 16.4. The lowest BCUT2D eigenvalue weighted by Gasteiger charge is -2.15. The monoisotopic (exact) mass is 473 g/mol. The number of aromatic carboxylic acids is 1. The molecule has 1 aliphatic heterocycles. The van der Waals surface area contributed by atoms with Crippen molar-refractivity contribution < 1.29 is 29.4 Å². The van der Waals surface area contributed by atoms with Crippen LogP contribution in [0.1, 0.15) is 48.8 Å². The largest absolute Gasteiger partial charge is 0.480 e. The van der Waals surface area contributed by atoms with Gasteiger partial charge in [-0.1, -0.05) is 30.3 Å². The molecule has 1 aliphatic rings. The number of carboxylic acid groups (broad SMARTS) is 2. The van der Waals surface area contributed by atoms with Crippen molar-refractivity contribution in [1.82, 2.24) is 10.3 Å². The number of carbonyl (C=O) groups excluding carboxylic acids is 2. The second kappa shape index (κ2) is 9.30. The smallest absolute Gasteiger partial charge is 0.335 e. The van der Waals surface area contributed by atoms with Gasteiger partial charge in [0.15, 0.2) is 0 Å². The van der Waals surface area contributed by atoms with Crippen molar-refractivity contribution in [1.29, 1.82) is 0 Å². The number of aliphatic carboxylic acids is 1. The Morgan fingerprint density at radius 2 is 1.77 bits per heavy atom. The van der Waals surface area contributed by atoms with E-state index in [9.17, 15) is 29.4 Å². The van der Waals surface area contributed by atoms with Crippen molar-refractivity contribution in [2.45, 2.75) is 26.3 Å². The Balaban J connectivity index is 1.64. The molecule has 2 heterocycles. The summed E-state index contributed by atoms with van der Waals surface area (Å²) < 4.78 is 0. The molecule has 0 spiro atoms. The predicted octanol–water partition coefficient (Wildman–Crippen LogP) is 3.25. The van der Waals surface area contributed by atoms with E-state index in [4.69, 9.17) is 0 Å². The SMILES string of the molecule is Cc1[nH]c(C=C2C(=O)Nc3ccc(C(=O)O)cc32)c(C)c1C(=O)N[C@H](Cc1ccccc1)C(=O)O. The third-order valence-corrected chi connectivity index (χ3v) is 5.93. The Morgan fingerprint density at radius 3 is 2.43 bits per heavy atom.